The van der Waals surface area contributed by atoms with Crippen LogP contribution in [0.1, 0.15) is 29.9 Å². The molecule has 2 aromatic rings. The number of anilines is 1. The van der Waals surface area contributed by atoms with E-state index in [1.165, 1.54) is 5.56 Å². The van der Waals surface area contributed by atoms with Crippen molar-refractivity contribution in [3.63, 3.8) is 0 Å². The molecule has 1 unspecified atom stereocenters. The van der Waals surface area contributed by atoms with Gasteiger partial charge in [0.25, 0.3) is 0 Å². The zero-order chi connectivity index (χ0) is 12.3. The summed E-state index contributed by atoms with van der Waals surface area (Å²) in [5.74, 6) is 0. The molecule has 1 aromatic carbocycles. The zero-order valence-corrected chi connectivity index (χ0v) is 10.6. The molecule has 88 valence electrons. The third-order valence-corrected chi connectivity index (χ3v) is 2.79. The third-order valence-electron chi connectivity index (χ3n) is 2.79. The van der Waals surface area contributed by atoms with Crippen molar-refractivity contribution in [2.75, 3.05) is 5.32 Å². The summed E-state index contributed by atoms with van der Waals surface area (Å²) in [5, 5.41) is 3.45. The molecule has 1 N–H and O–H groups in total. The average molecular weight is 226 g/mol. The Bertz CT molecular complexity index is 489. The monoisotopic (exact) mass is 226 g/mol. The Morgan fingerprint density at radius 1 is 1.00 bits per heavy atom. The van der Waals surface area contributed by atoms with Gasteiger partial charge >= 0.3 is 0 Å². The minimum absolute atomic E-state index is 0.220. The number of benzene rings is 1. The molecule has 0 radical (unpaired) electrons. The highest BCUT2D eigenvalue weighted by atomic mass is 14.9. The quantitative estimate of drug-likeness (QED) is 0.859. The first-order valence-electron chi connectivity index (χ1n) is 5.92. The van der Waals surface area contributed by atoms with Gasteiger partial charge < -0.3 is 5.32 Å². The van der Waals surface area contributed by atoms with Crippen LogP contribution in [-0.4, -0.2) is 4.98 Å². The van der Waals surface area contributed by atoms with E-state index in [9.17, 15) is 0 Å². The molecular weight excluding hydrogens is 208 g/mol. The molecule has 0 aliphatic carbocycles. The van der Waals surface area contributed by atoms with E-state index in [1.807, 2.05) is 19.1 Å². The average Bonchev–Trinajstić information content (AvgIpc) is 2.32. The van der Waals surface area contributed by atoms with Crippen LogP contribution in [0.25, 0.3) is 0 Å². The summed E-state index contributed by atoms with van der Waals surface area (Å²) in [7, 11) is 0. The van der Waals surface area contributed by atoms with Gasteiger partial charge in [-0.15, -0.1) is 0 Å². The van der Waals surface area contributed by atoms with E-state index in [2.05, 4.69) is 54.5 Å². The van der Waals surface area contributed by atoms with Crippen LogP contribution in [0.4, 0.5) is 5.69 Å². The first-order valence-corrected chi connectivity index (χ1v) is 5.92. The highest BCUT2D eigenvalue weighted by Gasteiger charge is 2.06. The van der Waals surface area contributed by atoms with Crippen molar-refractivity contribution in [3.05, 3.63) is 59.4 Å². The number of nitrogens with zero attached hydrogens (tertiary/aromatic N) is 1. The highest BCUT2D eigenvalue weighted by Crippen LogP contribution is 2.18. The van der Waals surface area contributed by atoms with Crippen molar-refractivity contribution in [2.24, 2.45) is 0 Å². The first-order chi connectivity index (χ1) is 8.15. The molecule has 2 rings (SSSR count). The highest BCUT2D eigenvalue weighted by molar-refractivity contribution is 5.45. The Balaban J connectivity index is 2.11. The van der Waals surface area contributed by atoms with Gasteiger partial charge in [-0.25, -0.2) is 0 Å². The van der Waals surface area contributed by atoms with Gasteiger partial charge in [-0.2, -0.15) is 0 Å². The summed E-state index contributed by atoms with van der Waals surface area (Å²) in [6, 6.07) is 14.8. The van der Waals surface area contributed by atoms with Crippen LogP contribution >= 0.6 is 0 Å². The smallest absolute Gasteiger partial charge is 0.0657 e. The van der Waals surface area contributed by atoms with Crippen molar-refractivity contribution < 1.29 is 0 Å². The van der Waals surface area contributed by atoms with Crippen LogP contribution in [0.3, 0.4) is 0 Å². The molecule has 0 fully saturated rings. The molecule has 17 heavy (non-hydrogen) atoms. The fourth-order valence-corrected chi connectivity index (χ4v) is 1.78. The lowest BCUT2D eigenvalue weighted by Crippen LogP contribution is -2.08. The molecule has 1 atom stereocenters. The molecule has 0 aliphatic heterocycles. The van der Waals surface area contributed by atoms with Gasteiger partial charge in [0.05, 0.1) is 11.7 Å². The van der Waals surface area contributed by atoms with Gasteiger partial charge in [0.2, 0.25) is 0 Å². The van der Waals surface area contributed by atoms with E-state index in [0.717, 1.165) is 17.1 Å². The molecule has 0 aliphatic rings. The minimum atomic E-state index is 0.220. The molecule has 0 saturated carbocycles. The van der Waals surface area contributed by atoms with Crippen LogP contribution in [-0.2, 0) is 0 Å². The minimum Gasteiger partial charge on any atom is -0.377 e. The SMILES string of the molecule is Cc1ccc(NC(C)c2cccc(C)n2)cc1. The van der Waals surface area contributed by atoms with Gasteiger partial charge in [0, 0.05) is 11.4 Å². The second-order valence-electron chi connectivity index (χ2n) is 4.44. The van der Waals surface area contributed by atoms with Crippen LogP contribution in [0.15, 0.2) is 42.5 Å². The van der Waals surface area contributed by atoms with Gasteiger partial charge in [-0.1, -0.05) is 23.8 Å². The lowest BCUT2D eigenvalue weighted by molar-refractivity contribution is 0.831. The maximum Gasteiger partial charge on any atom is 0.0657 e. The lowest BCUT2D eigenvalue weighted by atomic mass is 10.1. The Hall–Kier alpha value is -1.83. The molecule has 2 nitrogen and oxygen atoms in total. The summed E-state index contributed by atoms with van der Waals surface area (Å²) in [4.78, 5) is 4.52. The van der Waals surface area contributed by atoms with E-state index in [0.29, 0.717) is 0 Å². The van der Waals surface area contributed by atoms with Crippen molar-refractivity contribution in [3.8, 4) is 0 Å². The summed E-state index contributed by atoms with van der Waals surface area (Å²) in [6.07, 6.45) is 0. The number of hydrogen-bond acceptors (Lipinski definition) is 2. The van der Waals surface area contributed by atoms with Crippen LogP contribution in [0, 0.1) is 13.8 Å². The largest absolute Gasteiger partial charge is 0.377 e. The number of nitrogens with one attached hydrogen (secondary N) is 1. The maximum absolute atomic E-state index is 4.52. The van der Waals surface area contributed by atoms with Crippen LogP contribution in [0.5, 0.6) is 0 Å². The molecule has 0 bridgehead atoms. The van der Waals surface area contributed by atoms with E-state index in [-0.39, 0.29) is 6.04 Å². The van der Waals surface area contributed by atoms with E-state index in [4.69, 9.17) is 0 Å². The third kappa shape index (κ3) is 3.06. The van der Waals surface area contributed by atoms with Crippen molar-refractivity contribution in [1.82, 2.24) is 4.98 Å². The normalized spacial score (nSPS) is 12.2. The van der Waals surface area contributed by atoms with Gasteiger partial charge in [0.15, 0.2) is 0 Å². The Morgan fingerprint density at radius 3 is 2.35 bits per heavy atom. The molecule has 0 amide bonds. The zero-order valence-electron chi connectivity index (χ0n) is 10.6. The lowest BCUT2D eigenvalue weighted by Gasteiger charge is -2.15. The predicted octanol–water partition coefficient (Wildman–Crippen LogP) is 3.87. The van der Waals surface area contributed by atoms with Crippen LogP contribution < -0.4 is 5.32 Å². The van der Waals surface area contributed by atoms with E-state index < -0.39 is 0 Å². The maximum atomic E-state index is 4.52. The van der Waals surface area contributed by atoms with Crippen LogP contribution in [0.2, 0.25) is 0 Å². The summed E-state index contributed by atoms with van der Waals surface area (Å²) < 4.78 is 0. The standard InChI is InChI=1S/C15H18N2/c1-11-7-9-14(10-8-11)17-13(3)15-6-4-5-12(2)16-15/h4-10,13,17H,1-3H3. The summed E-state index contributed by atoms with van der Waals surface area (Å²) in [6.45, 7) is 6.24. The summed E-state index contributed by atoms with van der Waals surface area (Å²) >= 11 is 0. The second kappa shape index (κ2) is 5.00. The molecule has 0 spiro atoms. The molecule has 2 heteroatoms. The van der Waals surface area contributed by atoms with Gasteiger partial charge in [0.1, 0.15) is 0 Å². The van der Waals surface area contributed by atoms with Gasteiger partial charge in [-0.3, -0.25) is 4.98 Å². The predicted molar refractivity (Wildman–Crippen MR) is 72.2 cm³/mol. The number of hydrogen-bond donors (Lipinski definition) is 1. The topological polar surface area (TPSA) is 24.9 Å². The fourth-order valence-electron chi connectivity index (χ4n) is 1.78. The van der Waals surface area contributed by atoms with Gasteiger partial charge in [-0.05, 0) is 45.0 Å². The Labute approximate surface area is 103 Å². The van der Waals surface area contributed by atoms with E-state index in [1.54, 1.807) is 0 Å². The number of aromatic nitrogens is 1. The van der Waals surface area contributed by atoms with E-state index >= 15 is 0 Å². The molecule has 0 saturated heterocycles. The molecular formula is C15H18N2. The first kappa shape index (κ1) is 11.6. The van der Waals surface area contributed by atoms with Crippen molar-refractivity contribution in [1.29, 1.82) is 0 Å². The number of pyridine rings is 1. The second-order valence-corrected chi connectivity index (χ2v) is 4.44. The molecule has 1 aromatic heterocycles. The van der Waals surface area contributed by atoms with Crippen molar-refractivity contribution >= 4 is 5.69 Å². The molecule has 1 heterocycles. The Morgan fingerprint density at radius 2 is 1.71 bits per heavy atom. The number of rotatable bonds is 3. The fraction of sp³-hybridized carbons (Fsp3) is 0.267. The summed E-state index contributed by atoms with van der Waals surface area (Å²) in [5.41, 5.74) is 4.54. The Kier molecular flexibility index (Phi) is 3.43. The van der Waals surface area contributed by atoms with Crippen molar-refractivity contribution in [2.45, 2.75) is 26.8 Å². The number of aryl methyl sites for hydroxylation is 2.